The van der Waals surface area contributed by atoms with Crippen molar-refractivity contribution in [1.29, 1.82) is 0 Å². The fourth-order valence-corrected chi connectivity index (χ4v) is 5.04. The summed E-state index contributed by atoms with van der Waals surface area (Å²) in [5, 5.41) is 7.16. The summed E-state index contributed by atoms with van der Waals surface area (Å²) in [6.45, 7) is 5.82. The van der Waals surface area contributed by atoms with E-state index in [9.17, 15) is 9.59 Å². The van der Waals surface area contributed by atoms with Crippen LogP contribution in [0.3, 0.4) is 0 Å². The molecular formula is C26H35N5O2. The molecule has 0 spiro atoms. The maximum absolute atomic E-state index is 12.9. The maximum Gasteiger partial charge on any atom is 0.252 e. The van der Waals surface area contributed by atoms with E-state index in [1.807, 2.05) is 30.3 Å². The zero-order valence-corrected chi connectivity index (χ0v) is 19.4. The van der Waals surface area contributed by atoms with E-state index in [1.165, 1.54) is 25.9 Å². The van der Waals surface area contributed by atoms with Gasteiger partial charge in [-0.25, -0.2) is 4.98 Å². The SMILES string of the molecule is O=C(NC1CC1)c1cc(N2CCC(C(=O)NCCCN3CCCC3)CC2)nc2ccccc12. The van der Waals surface area contributed by atoms with Crippen LogP contribution in [0.2, 0.25) is 0 Å². The molecule has 33 heavy (non-hydrogen) atoms. The summed E-state index contributed by atoms with van der Waals surface area (Å²) in [7, 11) is 0. The van der Waals surface area contributed by atoms with E-state index in [-0.39, 0.29) is 17.7 Å². The molecule has 0 atom stereocenters. The van der Waals surface area contributed by atoms with Crippen molar-refractivity contribution in [1.82, 2.24) is 20.5 Å². The Bertz CT molecular complexity index is 991. The monoisotopic (exact) mass is 449 g/mol. The van der Waals surface area contributed by atoms with Gasteiger partial charge in [0.05, 0.1) is 11.1 Å². The summed E-state index contributed by atoms with van der Waals surface area (Å²) in [5.41, 5.74) is 1.54. The summed E-state index contributed by atoms with van der Waals surface area (Å²) in [6, 6.07) is 10.1. The highest BCUT2D eigenvalue weighted by Crippen LogP contribution is 2.28. The molecule has 176 valence electrons. The molecule has 2 saturated heterocycles. The number of rotatable bonds is 8. The van der Waals surface area contributed by atoms with Gasteiger partial charge in [-0.05, 0) is 76.7 Å². The van der Waals surface area contributed by atoms with Crippen molar-refractivity contribution >= 4 is 28.5 Å². The van der Waals surface area contributed by atoms with Crippen LogP contribution in [-0.4, -0.2) is 67.0 Å². The van der Waals surface area contributed by atoms with Crippen LogP contribution in [0.5, 0.6) is 0 Å². The van der Waals surface area contributed by atoms with Crippen molar-refractivity contribution in [2.75, 3.05) is 44.2 Å². The van der Waals surface area contributed by atoms with Crippen LogP contribution in [0.25, 0.3) is 10.9 Å². The van der Waals surface area contributed by atoms with Crippen molar-refractivity contribution in [3.05, 3.63) is 35.9 Å². The number of carbonyl (C=O) groups excluding carboxylic acids is 2. The Labute approximate surface area is 195 Å². The van der Waals surface area contributed by atoms with E-state index in [0.717, 1.165) is 75.0 Å². The fraction of sp³-hybridized carbons (Fsp3) is 0.577. The molecule has 1 saturated carbocycles. The molecule has 0 bridgehead atoms. The van der Waals surface area contributed by atoms with Crippen LogP contribution in [0, 0.1) is 5.92 Å². The lowest BCUT2D eigenvalue weighted by molar-refractivity contribution is -0.125. The lowest BCUT2D eigenvalue weighted by Crippen LogP contribution is -2.41. The zero-order valence-electron chi connectivity index (χ0n) is 19.4. The van der Waals surface area contributed by atoms with Crippen molar-refractivity contribution in [2.24, 2.45) is 5.92 Å². The van der Waals surface area contributed by atoms with Crippen LogP contribution in [0.1, 0.15) is 55.3 Å². The number of hydrogen-bond acceptors (Lipinski definition) is 5. The number of amides is 2. The Morgan fingerprint density at radius 1 is 1.00 bits per heavy atom. The van der Waals surface area contributed by atoms with Gasteiger partial charge in [-0.3, -0.25) is 9.59 Å². The van der Waals surface area contributed by atoms with Gasteiger partial charge in [0.15, 0.2) is 0 Å². The molecule has 7 nitrogen and oxygen atoms in total. The summed E-state index contributed by atoms with van der Waals surface area (Å²) < 4.78 is 0. The van der Waals surface area contributed by atoms with E-state index < -0.39 is 0 Å². The second-order valence-electron chi connectivity index (χ2n) is 9.75. The summed E-state index contributed by atoms with van der Waals surface area (Å²) in [5.74, 6) is 1.07. The third-order valence-corrected chi connectivity index (χ3v) is 7.20. The van der Waals surface area contributed by atoms with Gasteiger partial charge in [-0.15, -0.1) is 0 Å². The van der Waals surface area contributed by atoms with Crippen LogP contribution >= 0.6 is 0 Å². The van der Waals surface area contributed by atoms with E-state index in [2.05, 4.69) is 20.4 Å². The molecule has 5 rings (SSSR count). The highest BCUT2D eigenvalue weighted by atomic mass is 16.2. The van der Waals surface area contributed by atoms with Gasteiger partial charge >= 0.3 is 0 Å². The van der Waals surface area contributed by atoms with Crippen LogP contribution in [0.4, 0.5) is 5.82 Å². The van der Waals surface area contributed by atoms with Crippen molar-refractivity contribution in [3.8, 4) is 0 Å². The van der Waals surface area contributed by atoms with Crippen molar-refractivity contribution in [3.63, 3.8) is 0 Å². The van der Waals surface area contributed by atoms with Crippen molar-refractivity contribution in [2.45, 2.75) is 51.0 Å². The summed E-state index contributed by atoms with van der Waals surface area (Å²) in [4.78, 5) is 35.1. The normalized spacial score (nSPS) is 19.7. The molecule has 1 aromatic heterocycles. The van der Waals surface area contributed by atoms with Crippen molar-refractivity contribution < 1.29 is 9.59 Å². The number of pyridine rings is 1. The Balaban J connectivity index is 1.17. The molecule has 0 unspecified atom stereocenters. The lowest BCUT2D eigenvalue weighted by Gasteiger charge is -2.32. The van der Waals surface area contributed by atoms with E-state index in [4.69, 9.17) is 4.98 Å². The fourth-order valence-electron chi connectivity index (χ4n) is 5.04. The molecule has 2 aliphatic heterocycles. The van der Waals surface area contributed by atoms with Crippen LogP contribution in [0.15, 0.2) is 30.3 Å². The van der Waals surface area contributed by atoms with Gasteiger partial charge in [0.1, 0.15) is 5.82 Å². The number of para-hydroxylation sites is 1. The smallest absolute Gasteiger partial charge is 0.252 e. The molecule has 1 aliphatic carbocycles. The number of likely N-dealkylation sites (tertiary alicyclic amines) is 1. The molecule has 7 heteroatoms. The van der Waals surface area contributed by atoms with Gasteiger partial charge < -0.3 is 20.4 Å². The molecule has 3 heterocycles. The highest BCUT2D eigenvalue weighted by molar-refractivity contribution is 6.07. The highest BCUT2D eigenvalue weighted by Gasteiger charge is 2.28. The van der Waals surface area contributed by atoms with Crippen LogP contribution < -0.4 is 15.5 Å². The quantitative estimate of drug-likeness (QED) is 0.606. The number of carbonyl (C=O) groups is 2. The predicted octanol–water partition coefficient (Wildman–Crippen LogP) is 2.95. The topological polar surface area (TPSA) is 77.6 Å². The molecule has 3 aliphatic rings. The third kappa shape index (κ3) is 5.46. The standard InChI is InChI=1S/C26H35N5O2/c32-25(27-12-5-15-30-13-3-4-14-30)19-10-16-31(17-11-19)24-18-22(26(33)28-20-8-9-20)21-6-1-2-7-23(21)29-24/h1-2,6-7,18-20H,3-5,8-17H2,(H,27,32)(H,28,33). The van der Waals surface area contributed by atoms with Gasteiger partial charge in [0.25, 0.3) is 5.91 Å². The van der Waals surface area contributed by atoms with E-state index in [0.29, 0.717) is 11.6 Å². The second-order valence-corrected chi connectivity index (χ2v) is 9.75. The second kappa shape index (κ2) is 10.1. The number of nitrogens with zero attached hydrogens (tertiary/aromatic N) is 3. The summed E-state index contributed by atoms with van der Waals surface area (Å²) in [6.07, 6.45) is 7.40. The number of fused-ring (bicyclic) bond motifs is 1. The minimum atomic E-state index is -0.0134. The first-order chi connectivity index (χ1) is 16.2. The minimum Gasteiger partial charge on any atom is -0.357 e. The average Bonchev–Trinajstić information content (AvgIpc) is 3.51. The first-order valence-corrected chi connectivity index (χ1v) is 12.6. The minimum absolute atomic E-state index is 0.0134. The number of benzene rings is 1. The Hall–Kier alpha value is -2.67. The Morgan fingerprint density at radius 3 is 2.52 bits per heavy atom. The van der Waals surface area contributed by atoms with E-state index in [1.54, 1.807) is 0 Å². The number of hydrogen-bond donors (Lipinski definition) is 2. The third-order valence-electron chi connectivity index (χ3n) is 7.20. The molecular weight excluding hydrogens is 414 g/mol. The molecule has 3 fully saturated rings. The first-order valence-electron chi connectivity index (χ1n) is 12.6. The number of nitrogens with one attached hydrogen (secondary N) is 2. The predicted molar refractivity (Wildman–Crippen MR) is 130 cm³/mol. The largest absolute Gasteiger partial charge is 0.357 e. The molecule has 0 radical (unpaired) electrons. The molecule has 2 aromatic rings. The number of piperidine rings is 1. The summed E-state index contributed by atoms with van der Waals surface area (Å²) >= 11 is 0. The number of anilines is 1. The first kappa shape index (κ1) is 22.1. The van der Waals surface area contributed by atoms with Gasteiger partial charge in [0.2, 0.25) is 5.91 Å². The van der Waals surface area contributed by atoms with Gasteiger partial charge in [-0.2, -0.15) is 0 Å². The molecule has 1 aromatic carbocycles. The Morgan fingerprint density at radius 2 is 1.76 bits per heavy atom. The molecule has 2 amide bonds. The Kier molecular flexibility index (Phi) is 6.76. The van der Waals surface area contributed by atoms with Crippen LogP contribution in [-0.2, 0) is 4.79 Å². The van der Waals surface area contributed by atoms with Gasteiger partial charge in [-0.1, -0.05) is 18.2 Å². The van der Waals surface area contributed by atoms with E-state index >= 15 is 0 Å². The average molecular weight is 450 g/mol. The molecule has 2 N–H and O–H groups in total. The zero-order chi connectivity index (χ0) is 22.6. The maximum atomic E-state index is 12.9. The van der Waals surface area contributed by atoms with Gasteiger partial charge in [0, 0.05) is 37.0 Å². The lowest BCUT2D eigenvalue weighted by atomic mass is 9.95. The number of aromatic nitrogens is 1.